The number of amides is 1. The first-order valence-electron chi connectivity index (χ1n) is 10.2. The molecule has 2 aromatic heterocycles. The van der Waals surface area contributed by atoms with Crippen molar-refractivity contribution in [2.24, 2.45) is 0 Å². The van der Waals surface area contributed by atoms with Gasteiger partial charge in [0.1, 0.15) is 0 Å². The standard InChI is InChI=1S/C23H23N5O2/c1-4-27-13-24-19-10-16(6-8-20(19)27)22-25-23(30-26-22)17-11-21(29)28(12-17)18-7-5-14(2)15(3)9-18/h5-10,13,17H,4,11-12H2,1-3H3. The van der Waals surface area contributed by atoms with Crippen LogP contribution in [0.3, 0.4) is 0 Å². The van der Waals surface area contributed by atoms with E-state index in [1.807, 2.05) is 41.6 Å². The molecule has 0 N–H and O–H groups in total. The molecule has 1 atom stereocenters. The molecule has 1 saturated heterocycles. The molecule has 2 aromatic carbocycles. The summed E-state index contributed by atoms with van der Waals surface area (Å²) in [6.07, 6.45) is 2.20. The van der Waals surface area contributed by atoms with Crippen molar-refractivity contribution in [3.05, 3.63) is 59.7 Å². The number of nitrogens with zero attached hydrogens (tertiary/aromatic N) is 5. The largest absolute Gasteiger partial charge is 0.339 e. The lowest BCUT2D eigenvalue weighted by atomic mass is 10.1. The Morgan fingerprint density at radius 1 is 1.13 bits per heavy atom. The second-order valence-electron chi connectivity index (χ2n) is 7.86. The molecule has 1 aliphatic heterocycles. The first-order chi connectivity index (χ1) is 14.5. The van der Waals surface area contributed by atoms with Gasteiger partial charge < -0.3 is 14.0 Å². The highest BCUT2D eigenvalue weighted by atomic mass is 16.5. The molecule has 0 bridgehead atoms. The first kappa shape index (κ1) is 18.5. The first-order valence-corrected chi connectivity index (χ1v) is 10.2. The maximum Gasteiger partial charge on any atom is 0.232 e. The minimum atomic E-state index is -0.108. The molecule has 1 amide bonds. The zero-order valence-electron chi connectivity index (χ0n) is 17.3. The van der Waals surface area contributed by atoms with Crippen LogP contribution >= 0.6 is 0 Å². The molecule has 0 radical (unpaired) electrons. The van der Waals surface area contributed by atoms with Gasteiger partial charge in [0.05, 0.1) is 23.3 Å². The Labute approximate surface area is 174 Å². The summed E-state index contributed by atoms with van der Waals surface area (Å²) in [7, 11) is 0. The number of aromatic nitrogens is 4. The van der Waals surface area contributed by atoms with Crippen molar-refractivity contribution in [2.75, 3.05) is 11.4 Å². The van der Waals surface area contributed by atoms with Gasteiger partial charge in [-0.1, -0.05) is 11.2 Å². The molecule has 30 heavy (non-hydrogen) atoms. The Kier molecular flexibility index (Phi) is 4.38. The van der Waals surface area contributed by atoms with Gasteiger partial charge in [0, 0.05) is 30.8 Å². The van der Waals surface area contributed by atoms with Gasteiger partial charge in [0.15, 0.2) is 0 Å². The van der Waals surface area contributed by atoms with Gasteiger partial charge in [-0.3, -0.25) is 4.79 Å². The normalized spacial score (nSPS) is 16.7. The molecule has 7 nitrogen and oxygen atoms in total. The van der Waals surface area contributed by atoms with E-state index in [0.29, 0.717) is 24.7 Å². The van der Waals surface area contributed by atoms with Crippen molar-refractivity contribution in [3.8, 4) is 11.4 Å². The van der Waals surface area contributed by atoms with Crippen LogP contribution in [0.5, 0.6) is 0 Å². The Balaban J connectivity index is 1.39. The number of hydrogen-bond donors (Lipinski definition) is 0. The number of anilines is 1. The number of benzene rings is 2. The van der Waals surface area contributed by atoms with Crippen LogP contribution in [0.2, 0.25) is 0 Å². The van der Waals surface area contributed by atoms with Crippen molar-refractivity contribution in [3.63, 3.8) is 0 Å². The molecule has 7 heteroatoms. The SMILES string of the molecule is CCn1cnc2cc(-c3noc(C4CC(=O)N(c5ccc(C)c(C)c5)C4)n3)ccc21. The minimum absolute atomic E-state index is 0.0783. The highest BCUT2D eigenvalue weighted by molar-refractivity contribution is 5.96. The Hall–Kier alpha value is -3.48. The number of aryl methyl sites for hydroxylation is 3. The van der Waals surface area contributed by atoms with Gasteiger partial charge in [-0.15, -0.1) is 0 Å². The van der Waals surface area contributed by atoms with Gasteiger partial charge in [0.25, 0.3) is 0 Å². The molecule has 4 aromatic rings. The predicted molar refractivity (Wildman–Crippen MR) is 114 cm³/mol. The monoisotopic (exact) mass is 401 g/mol. The third-order valence-corrected chi connectivity index (χ3v) is 5.94. The van der Waals surface area contributed by atoms with E-state index in [0.717, 1.165) is 28.8 Å². The van der Waals surface area contributed by atoms with Crippen LogP contribution in [0.1, 0.15) is 36.3 Å². The van der Waals surface area contributed by atoms with Crippen LogP contribution in [0, 0.1) is 13.8 Å². The summed E-state index contributed by atoms with van der Waals surface area (Å²) in [5.74, 6) is 0.997. The van der Waals surface area contributed by atoms with Crippen molar-refractivity contribution in [1.29, 1.82) is 0 Å². The summed E-state index contributed by atoms with van der Waals surface area (Å²) >= 11 is 0. The van der Waals surface area contributed by atoms with Crippen molar-refractivity contribution >= 4 is 22.6 Å². The van der Waals surface area contributed by atoms with E-state index in [1.54, 1.807) is 0 Å². The third-order valence-electron chi connectivity index (χ3n) is 5.94. The summed E-state index contributed by atoms with van der Waals surface area (Å²) < 4.78 is 7.64. The van der Waals surface area contributed by atoms with E-state index in [-0.39, 0.29) is 11.8 Å². The molecule has 1 aliphatic rings. The summed E-state index contributed by atoms with van der Waals surface area (Å²) in [6, 6.07) is 12.1. The number of carbonyl (C=O) groups is 1. The van der Waals surface area contributed by atoms with Crippen molar-refractivity contribution in [1.82, 2.24) is 19.7 Å². The van der Waals surface area contributed by atoms with Crippen LogP contribution in [-0.2, 0) is 11.3 Å². The summed E-state index contributed by atoms with van der Waals surface area (Å²) in [5, 5.41) is 4.16. The van der Waals surface area contributed by atoms with E-state index in [9.17, 15) is 4.79 Å². The fraction of sp³-hybridized carbons (Fsp3) is 0.304. The number of hydrogen-bond acceptors (Lipinski definition) is 5. The smallest absolute Gasteiger partial charge is 0.232 e. The number of fused-ring (bicyclic) bond motifs is 1. The molecule has 5 rings (SSSR count). The predicted octanol–water partition coefficient (Wildman–Crippen LogP) is 4.24. The molecule has 3 heterocycles. The second-order valence-corrected chi connectivity index (χ2v) is 7.86. The molecular formula is C23H23N5O2. The van der Waals surface area contributed by atoms with Crippen LogP contribution in [-0.4, -0.2) is 32.1 Å². The topological polar surface area (TPSA) is 77.0 Å². The van der Waals surface area contributed by atoms with E-state index in [2.05, 4.69) is 46.5 Å². The number of imidazole rings is 1. The van der Waals surface area contributed by atoms with Crippen molar-refractivity contribution < 1.29 is 9.32 Å². The van der Waals surface area contributed by atoms with Crippen LogP contribution in [0.15, 0.2) is 47.2 Å². The quantitative estimate of drug-likeness (QED) is 0.511. The summed E-state index contributed by atoms with van der Waals surface area (Å²) in [6.45, 7) is 7.63. The summed E-state index contributed by atoms with van der Waals surface area (Å²) in [4.78, 5) is 23.5. The van der Waals surface area contributed by atoms with Gasteiger partial charge >= 0.3 is 0 Å². The lowest BCUT2D eigenvalue weighted by Crippen LogP contribution is -2.24. The number of carbonyl (C=O) groups excluding carboxylic acids is 1. The van der Waals surface area contributed by atoms with E-state index < -0.39 is 0 Å². The summed E-state index contributed by atoms with van der Waals surface area (Å²) in [5.41, 5.74) is 6.14. The van der Waals surface area contributed by atoms with Crippen molar-refractivity contribution in [2.45, 2.75) is 39.7 Å². The Bertz CT molecular complexity index is 1260. The molecular weight excluding hydrogens is 378 g/mol. The minimum Gasteiger partial charge on any atom is -0.339 e. The van der Waals surface area contributed by atoms with E-state index in [1.165, 1.54) is 11.1 Å². The lowest BCUT2D eigenvalue weighted by Gasteiger charge is -2.17. The average molecular weight is 401 g/mol. The van der Waals surface area contributed by atoms with Gasteiger partial charge in [-0.25, -0.2) is 4.98 Å². The van der Waals surface area contributed by atoms with Gasteiger partial charge in [-0.05, 0) is 62.2 Å². The van der Waals surface area contributed by atoms with Crippen LogP contribution in [0.4, 0.5) is 5.69 Å². The zero-order valence-corrected chi connectivity index (χ0v) is 17.3. The maximum absolute atomic E-state index is 12.6. The second kappa shape index (κ2) is 7.09. The maximum atomic E-state index is 12.6. The zero-order chi connectivity index (χ0) is 20.8. The van der Waals surface area contributed by atoms with Gasteiger partial charge in [0.2, 0.25) is 17.6 Å². The molecule has 0 spiro atoms. The molecule has 152 valence electrons. The van der Waals surface area contributed by atoms with Gasteiger partial charge in [-0.2, -0.15) is 4.98 Å². The fourth-order valence-electron chi connectivity index (χ4n) is 3.99. The molecule has 1 unspecified atom stereocenters. The average Bonchev–Trinajstić information content (AvgIpc) is 3.47. The highest BCUT2D eigenvalue weighted by Gasteiger charge is 2.35. The van der Waals surface area contributed by atoms with Crippen LogP contribution in [0.25, 0.3) is 22.4 Å². The Morgan fingerprint density at radius 3 is 2.80 bits per heavy atom. The molecule has 0 saturated carbocycles. The molecule has 1 fully saturated rings. The van der Waals surface area contributed by atoms with E-state index >= 15 is 0 Å². The highest BCUT2D eigenvalue weighted by Crippen LogP contribution is 2.33. The lowest BCUT2D eigenvalue weighted by molar-refractivity contribution is -0.117. The third kappa shape index (κ3) is 3.07. The van der Waals surface area contributed by atoms with Crippen LogP contribution < -0.4 is 4.90 Å². The van der Waals surface area contributed by atoms with E-state index in [4.69, 9.17) is 4.52 Å². The number of rotatable bonds is 4. The Morgan fingerprint density at radius 2 is 2.00 bits per heavy atom. The molecule has 0 aliphatic carbocycles. The fourth-order valence-corrected chi connectivity index (χ4v) is 3.99.